The number of anilines is 1. The Morgan fingerprint density at radius 1 is 1.21 bits per heavy atom. The second-order valence-corrected chi connectivity index (χ2v) is 9.17. The largest absolute Gasteiger partial charge is 0.417 e. The summed E-state index contributed by atoms with van der Waals surface area (Å²) in [5.74, 6) is -1.27. The van der Waals surface area contributed by atoms with Gasteiger partial charge in [0, 0.05) is 24.8 Å². The van der Waals surface area contributed by atoms with Gasteiger partial charge in [-0.2, -0.15) is 4.31 Å². The number of sulfonamides is 1. The number of nitrogens with zero attached hydrogens (tertiary/aromatic N) is 1. The first-order valence-corrected chi connectivity index (χ1v) is 10.8. The number of H-pyrrole nitrogens is 1. The molecule has 2 heterocycles. The highest BCUT2D eigenvalue weighted by Gasteiger charge is 2.33. The molecule has 3 aromatic rings. The number of nitrogens with one attached hydrogen (secondary N) is 2. The average Bonchev–Trinajstić information content (AvgIpc) is 3.09. The Labute approximate surface area is 167 Å². The molecule has 29 heavy (non-hydrogen) atoms. The zero-order valence-electron chi connectivity index (χ0n) is 15.8. The van der Waals surface area contributed by atoms with E-state index in [0.29, 0.717) is 30.6 Å². The van der Waals surface area contributed by atoms with Gasteiger partial charge in [0.25, 0.3) is 0 Å². The van der Waals surface area contributed by atoms with Crippen LogP contribution in [0.15, 0.2) is 56.6 Å². The molecule has 1 aromatic heterocycles. The average molecular weight is 415 g/mol. The van der Waals surface area contributed by atoms with Crippen LogP contribution in [0.25, 0.3) is 11.1 Å². The monoisotopic (exact) mass is 415 g/mol. The Morgan fingerprint density at radius 3 is 2.72 bits per heavy atom. The minimum atomic E-state index is -3.81. The van der Waals surface area contributed by atoms with Crippen molar-refractivity contribution >= 4 is 32.7 Å². The first-order chi connectivity index (χ1) is 13.8. The highest BCUT2D eigenvalue weighted by atomic mass is 32.2. The molecule has 2 aromatic carbocycles. The summed E-state index contributed by atoms with van der Waals surface area (Å²) in [5.41, 5.74) is 2.39. The summed E-state index contributed by atoms with van der Waals surface area (Å²) >= 11 is 0. The van der Waals surface area contributed by atoms with Crippen molar-refractivity contribution in [3.05, 3.63) is 58.6 Å². The number of carbonyl (C=O) groups is 1. The molecule has 1 saturated heterocycles. The fraction of sp³-hybridized carbons (Fsp3) is 0.300. The number of hydrogen-bond donors (Lipinski definition) is 2. The van der Waals surface area contributed by atoms with Crippen LogP contribution in [0.5, 0.6) is 0 Å². The molecule has 0 aliphatic carbocycles. The first-order valence-electron chi connectivity index (χ1n) is 9.33. The third-order valence-corrected chi connectivity index (χ3v) is 6.97. The van der Waals surface area contributed by atoms with Crippen LogP contribution in [-0.4, -0.2) is 36.7 Å². The van der Waals surface area contributed by atoms with Crippen LogP contribution in [0, 0.1) is 12.8 Å². The highest BCUT2D eigenvalue weighted by Crippen LogP contribution is 2.26. The van der Waals surface area contributed by atoms with Gasteiger partial charge in [0.05, 0.1) is 16.3 Å². The number of amides is 1. The molecule has 1 amide bonds. The van der Waals surface area contributed by atoms with E-state index in [2.05, 4.69) is 10.3 Å². The van der Waals surface area contributed by atoms with E-state index < -0.39 is 21.7 Å². The standard InChI is InChI=1S/C20H21N3O5S/c1-13-4-6-15(7-5-13)21-19(24)14-3-2-10-23(12-14)29(26,27)16-8-9-17-18(11-16)28-20(25)22-17/h4-9,11,14H,2-3,10,12H2,1H3,(H,21,24)(H,22,25)/t14-/m1/s1. The molecular weight excluding hydrogens is 394 g/mol. The van der Waals surface area contributed by atoms with E-state index >= 15 is 0 Å². The number of aromatic nitrogens is 1. The lowest BCUT2D eigenvalue weighted by atomic mass is 9.98. The van der Waals surface area contributed by atoms with Crippen molar-refractivity contribution < 1.29 is 17.6 Å². The van der Waals surface area contributed by atoms with E-state index in [1.165, 1.54) is 22.5 Å². The van der Waals surface area contributed by atoms with Gasteiger partial charge in [0.15, 0.2) is 5.58 Å². The Morgan fingerprint density at radius 2 is 1.97 bits per heavy atom. The third-order valence-electron chi connectivity index (χ3n) is 5.10. The maximum Gasteiger partial charge on any atom is 0.417 e. The SMILES string of the molecule is Cc1ccc(NC(=O)[C@@H]2CCCN(S(=O)(=O)c3ccc4[nH]c(=O)oc4c3)C2)cc1. The maximum atomic E-state index is 13.1. The van der Waals surface area contributed by atoms with Crippen molar-refractivity contribution in [2.24, 2.45) is 5.92 Å². The van der Waals surface area contributed by atoms with E-state index in [0.717, 1.165) is 5.56 Å². The van der Waals surface area contributed by atoms with Crippen LogP contribution in [0.1, 0.15) is 18.4 Å². The van der Waals surface area contributed by atoms with Gasteiger partial charge < -0.3 is 9.73 Å². The summed E-state index contributed by atoms with van der Waals surface area (Å²) in [4.78, 5) is 26.5. The zero-order valence-corrected chi connectivity index (χ0v) is 16.7. The summed E-state index contributed by atoms with van der Waals surface area (Å²) in [6.07, 6.45) is 1.21. The number of aromatic amines is 1. The van der Waals surface area contributed by atoms with Crippen molar-refractivity contribution in [2.75, 3.05) is 18.4 Å². The molecule has 1 atom stereocenters. The van der Waals surface area contributed by atoms with Gasteiger partial charge in [-0.25, -0.2) is 13.2 Å². The fourth-order valence-corrected chi connectivity index (χ4v) is 5.03. The van der Waals surface area contributed by atoms with Crippen molar-refractivity contribution in [3.63, 3.8) is 0 Å². The van der Waals surface area contributed by atoms with Crippen LogP contribution >= 0.6 is 0 Å². The van der Waals surface area contributed by atoms with Crippen LogP contribution in [-0.2, 0) is 14.8 Å². The van der Waals surface area contributed by atoms with E-state index in [-0.39, 0.29) is 22.9 Å². The quantitative estimate of drug-likeness (QED) is 0.680. The van der Waals surface area contributed by atoms with Gasteiger partial charge in [-0.05, 0) is 44.0 Å². The van der Waals surface area contributed by atoms with Gasteiger partial charge in [0.2, 0.25) is 15.9 Å². The predicted octanol–water partition coefficient (Wildman–Crippen LogP) is 2.47. The fourth-order valence-electron chi connectivity index (χ4n) is 3.49. The zero-order chi connectivity index (χ0) is 20.6. The lowest BCUT2D eigenvalue weighted by Gasteiger charge is -2.31. The van der Waals surface area contributed by atoms with Crippen molar-refractivity contribution in [2.45, 2.75) is 24.7 Å². The molecule has 2 N–H and O–H groups in total. The van der Waals surface area contributed by atoms with E-state index in [9.17, 15) is 18.0 Å². The minimum Gasteiger partial charge on any atom is -0.408 e. The Kier molecular flexibility index (Phi) is 5.01. The lowest BCUT2D eigenvalue weighted by molar-refractivity contribution is -0.120. The molecular formula is C20H21N3O5S. The topological polar surface area (TPSA) is 112 Å². The number of carbonyl (C=O) groups excluding carboxylic acids is 1. The molecule has 1 fully saturated rings. The van der Waals surface area contributed by atoms with Gasteiger partial charge in [0.1, 0.15) is 0 Å². The number of oxazole rings is 1. The maximum absolute atomic E-state index is 13.1. The van der Waals surface area contributed by atoms with Crippen molar-refractivity contribution in [1.82, 2.24) is 9.29 Å². The molecule has 4 rings (SSSR count). The highest BCUT2D eigenvalue weighted by molar-refractivity contribution is 7.89. The third kappa shape index (κ3) is 3.96. The smallest absolute Gasteiger partial charge is 0.408 e. The number of rotatable bonds is 4. The molecule has 0 bridgehead atoms. The predicted molar refractivity (Wildman–Crippen MR) is 108 cm³/mol. The Bertz CT molecular complexity index is 1210. The second-order valence-electron chi connectivity index (χ2n) is 7.23. The number of hydrogen-bond acceptors (Lipinski definition) is 5. The summed E-state index contributed by atoms with van der Waals surface area (Å²) in [6.45, 7) is 2.41. The number of benzene rings is 2. The van der Waals surface area contributed by atoms with Crippen molar-refractivity contribution in [1.29, 1.82) is 0 Å². The number of piperidine rings is 1. The Hall–Kier alpha value is -2.91. The summed E-state index contributed by atoms with van der Waals surface area (Å²) < 4.78 is 32.4. The van der Waals surface area contributed by atoms with Crippen LogP contribution in [0.2, 0.25) is 0 Å². The molecule has 0 radical (unpaired) electrons. The molecule has 0 spiro atoms. The van der Waals surface area contributed by atoms with Crippen LogP contribution in [0.4, 0.5) is 5.69 Å². The van der Waals surface area contributed by atoms with Crippen molar-refractivity contribution in [3.8, 4) is 0 Å². The molecule has 1 aliphatic heterocycles. The van der Waals surface area contributed by atoms with E-state index in [4.69, 9.17) is 4.42 Å². The molecule has 9 heteroatoms. The first kappa shape index (κ1) is 19.4. The number of fused-ring (bicyclic) bond motifs is 1. The normalized spacial score (nSPS) is 18.0. The van der Waals surface area contributed by atoms with Gasteiger partial charge >= 0.3 is 5.76 Å². The van der Waals surface area contributed by atoms with Crippen LogP contribution < -0.4 is 11.1 Å². The van der Waals surface area contributed by atoms with Crippen LogP contribution in [0.3, 0.4) is 0 Å². The molecule has 0 unspecified atom stereocenters. The molecule has 0 saturated carbocycles. The molecule has 1 aliphatic rings. The van der Waals surface area contributed by atoms with Gasteiger partial charge in [-0.15, -0.1) is 0 Å². The number of aryl methyl sites for hydroxylation is 1. The second kappa shape index (κ2) is 7.49. The van der Waals surface area contributed by atoms with E-state index in [1.54, 1.807) is 0 Å². The lowest BCUT2D eigenvalue weighted by Crippen LogP contribution is -2.43. The van der Waals surface area contributed by atoms with E-state index in [1.807, 2.05) is 31.2 Å². The summed E-state index contributed by atoms with van der Waals surface area (Å²) in [6, 6.07) is 11.7. The molecule has 8 nitrogen and oxygen atoms in total. The molecule has 152 valence electrons. The minimum absolute atomic E-state index is 0.0346. The summed E-state index contributed by atoms with van der Waals surface area (Å²) in [7, 11) is -3.81. The van der Waals surface area contributed by atoms with Gasteiger partial charge in [-0.1, -0.05) is 17.7 Å². The Balaban J connectivity index is 1.52. The van der Waals surface area contributed by atoms with Gasteiger partial charge in [-0.3, -0.25) is 9.78 Å². The summed E-state index contributed by atoms with van der Waals surface area (Å²) in [5, 5.41) is 2.86.